The van der Waals surface area contributed by atoms with Crippen LogP contribution in [0.25, 0.3) is 0 Å². The van der Waals surface area contributed by atoms with Crippen LogP contribution in [0.3, 0.4) is 0 Å². The number of hydrogen-bond donors (Lipinski definition) is 2. The maximum Gasteiger partial charge on any atom is 0.239 e. The van der Waals surface area contributed by atoms with Gasteiger partial charge in [-0.15, -0.1) is 0 Å². The molecule has 6 nitrogen and oxygen atoms in total. The second-order valence-electron chi connectivity index (χ2n) is 5.02. The van der Waals surface area contributed by atoms with Crippen LogP contribution in [0, 0.1) is 0 Å². The Labute approximate surface area is 117 Å². The van der Waals surface area contributed by atoms with Crippen LogP contribution in [-0.4, -0.2) is 56.6 Å². The Morgan fingerprint density at radius 2 is 1.84 bits per heavy atom. The normalized spacial score (nSPS) is 12.7. The molecule has 7 heteroatoms. The number of nitrogens with one attached hydrogen (secondary N) is 2. The minimum absolute atomic E-state index is 0.0724. The van der Waals surface area contributed by atoms with Gasteiger partial charge in [0.15, 0.2) is 0 Å². The molecule has 0 bridgehead atoms. The van der Waals surface area contributed by atoms with Crippen LogP contribution < -0.4 is 10.6 Å². The zero-order valence-electron chi connectivity index (χ0n) is 12.6. The predicted octanol–water partition coefficient (Wildman–Crippen LogP) is 0.162. The summed E-state index contributed by atoms with van der Waals surface area (Å²) in [6.45, 7) is 9.46. The zero-order valence-corrected chi connectivity index (χ0v) is 13.4. The smallest absolute Gasteiger partial charge is 0.239 e. The number of sulfonamides is 1. The van der Waals surface area contributed by atoms with Crippen LogP contribution in [0.15, 0.2) is 0 Å². The van der Waals surface area contributed by atoms with Gasteiger partial charge in [0, 0.05) is 19.6 Å². The molecular weight excluding hydrogens is 266 g/mol. The maximum absolute atomic E-state index is 11.9. The summed E-state index contributed by atoms with van der Waals surface area (Å²) >= 11 is 0. The first-order valence-corrected chi connectivity index (χ1v) is 8.48. The summed E-state index contributed by atoms with van der Waals surface area (Å²) in [5.41, 5.74) is -0.601. The number of rotatable bonds is 9. The maximum atomic E-state index is 11.9. The number of amides is 1. The molecule has 0 spiro atoms. The monoisotopic (exact) mass is 293 g/mol. The number of carbonyl (C=O) groups excluding carboxylic acids is 1. The van der Waals surface area contributed by atoms with Crippen molar-refractivity contribution in [1.29, 1.82) is 0 Å². The van der Waals surface area contributed by atoms with Gasteiger partial charge in [0.2, 0.25) is 15.9 Å². The molecule has 1 amide bonds. The molecule has 19 heavy (non-hydrogen) atoms. The van der Waals surface area contributed by atoms with E-state index < -0.39 is 15.6 Å². The lowest BCUT2D eigenvalue weighted by atomic mass is 10.0. The number of carbonyl (C=O) groups is 1. The molecule has 0 radical (unpaired) electrons. The largest absolute Gasteiger partial charge is 0.354 e. The molecule has 0 atom stereocenters. The second kappa shape index (κ2) is 7.81. The van der Waals surface area contributed by atoms with Crippen LogP contribution in [0.5, 0.6) is 0 Å². The van der Waals surface area contributed by atoms with Gasteiger partial charge in [-0.2, -0.15) is 0 Å². The molecular formula is C12H27N3O3S. The van der Waals surface area contributed by atoms with Crippen LogP contribution >= 0.6 is 0 Å². The Balaban J connectivity index is 4.08. The number of likely N-dealkylation sites (N-methyl/N-ethyl adjacent to an activating group) is 1. The summed E-state index contributed by atoms with van der Waals surface area (Å²) in [6, 6.07) is 0. The van der Waals surface area contributed by atoms with Crippen molar-refractivity contribution in [3.05, 3.63) is 0 Å². The molecule has 114 valence electrons. The van der Waals surface area contributed by atoms with Gasteiger partial charge in [-0.3, -0.25) is 4.79 Å². The van der Waals surface area contributed by atoms with Crippen LogP contribution in [-0.2, 0) is 14.8 Å². The number of hydrogen-bond acceptors (Lipinski definition) is 4. The topological polar surface area (TPSA) is 78.5 Å². The summed E-state index contributed by atoms with van der Waals surface area (Å²) in [6.07, 6.45) is 1.80. The SMILES string of the molecule is CCNC(C)(C)C(=O)NCCCN(CC)S(C)(=O)=O. The molecule has 0 aromatic heterocycles. The molecule has 0 aliphatic rings. The van der Waals surface area contributed by atoms with Crippen LogP contribution in [0.1, 0.15) is 34.1 Å². The Morgan fingerprint density at radius 1 is 1.26 bits per heavy atom. The third kappa shape index (κ3) is 6.89. The van der Waals surface area contributed by atoms with E-state index in [-0.39, 0.29) is 5.91 Å². The summed E-state index contributed by atoms with van der Waals surface area (Å²) in [7, 11) is -3.14. The molecule has 0 aliphatic heterocycles. The third-order valence-corrected chi connectivity index (χ3v) is 4.26. The lowest BCUT2D eigenvalue weighted by molar-refractivity contribution is -0.126. The molecule has 0 saturated carbocycles. The van der Waals surface area contributed by atoms with Crippen molar-refractivity contribution in [3.63, 3.8) is 0 Å². The molecule has 0 unspecified atom stereocenters. The van der Waals surface area contributed by atoms with Gasteiger partial charge in [0.25, 0.3) is 0 Å². The second-order valence-corrected chi connectivity index (χ2v) is 7.00. The van der Waals surface area contributed by atoms with E-state index in [0.717, 1.165) is 6.54 Å². The zero-order chi connectivity index (χ0) is 15.1. The Hall–Kier alpha value is -0.660. The van der Waals surface area contributed by atoms with Crippen molar-refractivity contribution in [2.75, 3.05) is 32.4 Å². The van der Waals surface area contributed by atoms with Crippen molar-refractivity contribution in [2.45, 2.75) is 39.7 Å². The van der Waals surface area contributed by atoms with Gasteiger partial charge in [-0.05, 0) is 26.8 Å². The molecule has 0 aliphatic carbocycles. The lowest BCUT2D eigenvalue weighted by Gasteiger charge is -2.24. The highest BCUT2D eigenvalue weighted by Crippen LogP contribution is 2.02. The van der Waals surface area contributed by atoms with Gasteiger partial charge >= 0.3 is 0 Å². The summed E-state index contributed by atoms with van der Waals surface area (Å²) < 4.78 is 24.1. The fourth-order valence-electron chi connectivity index (χ4n) is 1.76. The molecule has 0 aromatic carbocycles. The van der Waals surface area contributed by atoms with Gasteiger partial charge in [0.1, 0.15) is 0 Å². The molecule has 0 aromatic rings. The fraction of sp³-hybridized carbons (Fsp3) is 0.917. The first kappa shape index (κ1) is 18.3. The quantitative estimate of drug-likeness (QED) is 0.594. The highest BCUT2D eigenvalue weighted by atomic mass is 32.2. The summed E-state index contributed by atoms with van der Waals surface area (Å²) in [5, 5.41) is 5.90. The first-order chi connectivity index (χ1) is 8.65. The van der Waals surface area contributed by atoms with Gasteiger partial charge in [-0.1, -0.05) is 13.8 Å². The summed E-state index contributed by atoms with van der Waals surface area (Å²) in [4.78, 5) is 11.9. The average Bonchev–Trinajstić information content (AvgIpc) is 2.26. The molecule has 2 N–H and O–H groups in total. The van der Waals surface area contributed by atoms with E-state index in [1.807, 2.05) is 20.8 Å². The van der Waals surface area contributed by atoms with Crippen molar-refractivity contribution in [3.8, 4) is 0 Å². The molecule has 0 saturated heterocycles. The highest BCUT2D eigenvalue weighted by Gasteiger charge is 2.25. The fourth-order valence-corrected chi connectivity index (χ4v) is 2.69. The van der Waals surface area contributed by atoms with E-state index in [0.29, 0.717) is 26.1 Å². The Bertz CT molecular complexity index is 380. The average molecular weight is 293 g/mol. The highest BCUT2D eigenvalue weighted by molar-refractivity contribution is 7.88. The van der Waals surface area contributed by atoms with E-state index in [2.05, 4.69) is 10.6 Å². The first-order valence-electron chi connectivity index (χ1n) is 6.63. The van der Waals surface area contributed by atoms with E-state index in [9.17, 15) is 13.2 Å². The van der Waals surface area contributed by atoms with Crippen LogP contribution in [0.4, 0.5) is 0 Å². The standard InChI is InChI=1S/C12H27N3O3S/c1-6-14-12(3,4)11(16)13-9-8-10-15(7-2)19(5,17)18/h14H,6-10H2,1-5H3,(H,13,16). The minimum Gasteiger partial charge on any atom is -0.354 e. The van der Waals surface area contributed by atoms with Crippen molar-refractivity contribution in [1.82, 2.24) is 14.9 Å². The minimum atomic E-state index is -3.14. The molecule has 0 heterocycles. The molecule has 0 rings (SSSR count). The molecule has 0 fully saturated rings. The van der Waals surface area contributed by atoms with E-state index in [1.54, 1.807) is 6.92 Å². The van der Waals surface area contributed by atoms with Crippen molar-refractivity contribution < 1.29 is 13.2 Å². The van der Waals surface area contributed by atoms with E-state index in [4.69, 9.17) is 0 Å². The summed E-state index contributed by atoms with van der Waals surface area (Å²) in [5.74, 6) is -0.0724. The van der Waals surface area contributed by atoms with E-state index >= 15 is 0 Å². The Morgan fingerprint density at radius 3 is 2.26 bits per heavy atom. The lowest BCUT2D eigenvalue weighted by Crippen LogP contribution is -2.52. The van der Waals surface area contributed by atoms with Gasteiger partial charge in [-0.25, -0.2) is 12.7 Å². The van der Waals surface area contributed by atoms with Crippen molar-refractivity contribution >= 4 is 15.9 Å². The predicted molar refractivity (Wildman–Crippen MR) is 77.5 cm³/mol. The van der Waals surface area contributed by atoms with Crippen LogP contribution in [0.2, 0.25) is 0 Å². The van der Waals surface area contributed by atoms with Crippen molar-refractivity contribution in [2.24, 2.45) is 0 Å². The Kier molecular flexibility index (Phi) is 7.54. The van der Waals surface area contributed by atoms with Gasteiger partial charge < -0.3 is 10.6 Å². The van der Waals surface area contributed by atoms with Gasteiger partial charge in [0.05, 0.1) is 11.8 Å². The number of nitrogens with zero attached hydrogens (tertiary/aromatic N) is 1. The third-order valence-electron chi connectivity index (χ3n) is 2.88. The van der Waals surface area contributed by atoms with E-state index in [1.165, 1.54) is 10.6 Å².